The number of anilines is 1. The molecular weight excluding hydrogens is 322 g/mol. The van der Waals surface area contributed by atoms with Gasteiger partial charge in [0.05, 0.1) is 29.2 Å². The standard InChI is InChI=1S/C15H12BrNO3/c1-15-6-5-10(20-15)11-12(15)14(19)17(13(11)18)9-4-2-3-8(16)7-9/h2-7,10-12H,1H3/t10-,11+,12+,15+/m1/s1. The second kappa shape index (κ2) is 3.80. The van der Waals surface area contributed by atoms with Gasteiger partial charge in [0, 0.05) is 4.47 Å². The molecule has 2 fully saturated rings. The lowest BCUT2D eigenvalue weighted by Crippen LogP contribution is -2.38. The van der Waals surface area contributed by atoms with Gasteiger partial charge < -0.3 is 4.74 Å². The monoisotopic (exact) mass is 333 g/mol. The number of amides is 2. The highest BCUT2D eigenvalue weighted by Gasteiger charge is 2.65. The minimum absolute atomic E-state index is 0.156. The highest BCUT2D eigenvalue weighted by atomic mass is 79.9. The Hall–Kier alpha value is -1.46. The SMILES string of the molecule is C[C@@]12C=C[C@@H](O1)[C@@H]1C(=O)N(c3cccc(Br)c3)C(=O)[C@H]12. The Balaban J connectivity index is 1.79. The molecule has 2 bridgehead atoms. The van der Waals surface area contributed by atoms with E-state index < -0.39 is 11.5 Å². The predicted molar refractivity (Wildman–Crippen MR) is 76.0 cm³/mol. The number of hydrogen-bond acceptors (Lipinski definition) is 3. The van der Waals surface area contributed by atoms with Crippen LogP contribution in [0.2, 0.25) is 0 Å². The first-order valence-corrected chi connectivity index (χ1v) is 7.31. The Kier molecular flexibility index (Phi) is 2.34. The van der Waals surface area contributed by atoms with E-state index in [1.165, 1.54) is 4.90 Å². The molecule has 4 rings (SSSR count). The number of nitrogens with zero attached hydrogens (tertiary/aromatic N) is 1. The van der Waals surface area contributed by atoms with Crippen molar-refractivity contribution in [2.24, 2.45) is 11.8 Å². The number of carbonyl (C=O) groups excluding carboxylic acids is 2. The van der Waals surface area contributed by atoms with Gasteiger partial charge in [-0.05, 0) is 25.1 Å². The average Bonchev–Trinajstić information content (AvgIpc) is 2.99. The third-order valence-electron chi connectivity index (χ3n) is 4.40. The summed E-state index contributed by atoms with van der Waals surface area (Å²) in [6.07, 6.45) is 3.55. The second-order valence-corrected chi connectivity index (χ2v) is 6.54. The van der Waals surface area contributed by atoms with E-state index in [0.717, 1.165) is 4.47 Å². The van der Waals surface area contributed by atoms with Gasteiger partial charge in [-0.2, -0.15) is 0 Å². The molecule has 2 saturated heterocycles. The fraction of sp³-hybridized carbons (Fsp3) is 0.333. The number of halogens is 1. The largest absolute Gasteiger partial charge is 0.362 e. The zero-order chi connectivity index (χ0) is 14.1. The molecule has 0 aromatic heterocycles. The van der Waals surface area contributed by atoms with Gasteiger partial charge in [0.2, 0.25) is 11.8 Å². The molecule has 0 aliphatic carbocycles. The molecule has 0 saturated carbocycles. The zero-order valence-corrected chi connectivity index (χ0v) is 12.3. The number of imide groups is 1. The quantitative estimate of drug-likeness (QED) is 0.585. The van der Waals surface area contributed by atoms with Gasteiger partial charge in [-0.1, -0.05) is 34.1 Å². The molecule has 20 heavy (non-hydrogen) atoms. The van der Waals surface area contributed by atoms with E-state index in [2.05, 4.69) is 15.9 Å². The summed E-state index contributed by atoms with van der Waals surface area (Å²) in [6.45, 7) is 1.88. The van der Waals surface area contributed by atoms with Crippen molar-refractivity contribution in [2.75, 3.05) is 4.90 Å². The van der Waals surface area contributed by atoms with Crippen LogP contribution in [0.3, 0.4) is 0 Å². The number of rotatable bonds is 1. The van der Waals surface area contributed by atoms with Gasteiger partial charge in [0.15, 0.2) is 0 Å². The van der Waals surface area contributed by atoms with Crippen molar-refractivity contribution in [3.05, 3.63) is 40.9 Å². The smallest absolute Gasteiger partial charge is 0.241 e. The summed E-state index contributed by atoms with van der Waals surface area (Å²) >= 11 is 3.37. The fourth-order valence-corrected chi connectivity index (χ4v) is 3.91. The molecule has 3 heterocycles. The Bertz CT molecular complexity index is 671. The van der Waals surface area contributed by atoms with Crippen LogP contribution in [-0.4, -0.2) is 23.5 Å². The highest BCUT2D eigenvalue weighted by Crippen LogP contribution is 2.52. The van der Waals surface area contributed by atoms with Crippen LogP contribution in [0.5, 0.6) is 0 Å². The predicted octanol–water partition coefficient (Wildman–Crippen LogP) is 2.28. The molecule has 102 valence electrons. The zero-order valence-electron chi connectivity index (χ0n) is 10.7. The molecule has 0 N–H and O–H groups in total. The molecule has 1 aromatic rings. The van der Waals surface area contributed by atoms with Crippen LogP contribution < -0.4 is 4.90 Å². The molecular formula is C15H12BrNO3. The molecule has 3 aliphatic heterocycles. The Labute approximate surface area is 124 Å². The molecule has 0 radical (unpaired) electrons. The first kappa shape index (κ1) is 12.3. The van der Waals surface area contributed by atoms with Crippen LogP contribution in [0.25, 0.3) is 0 Å². The first-order valence-electron chi connectivity index (χ1n) is 6.52. The summed E-state index contributed by atoms with van der Waals surface area (Å²) in [4.78, 5) is 26.6. The number of hydrogen-bond donors (Lipinski definition) is 0. The van der Waals surface area contributed by atoms with E-state index in [9.17, 15) is 9.59 Å². The van der Waals surface area contributed by atoms with Crippen LogP contribution in [0.1, 0.15) is 6.92 Å². The van der Waals surface area contributed by atoms with Gasteiger partial charge in [-0.15, -0.1) is 0 Å². The van der Waals surface area contributed by atoms with E-state index in [1.807, 2.05) is 31.2 Å². The molecule has 3 aliphatic rings. The molecule has 1 aromatic carbocycles. The number of benzene rings is 1. The molecule has 4 atom stereocenters. The second-order valence-electron chi connectivity index (χ2n) is 5.62. The van der Waals surface area contributed by atoms with E-state index in [0.29, 0.717) is 5.69 Å². The lowest BCUT2D eigenvalue weighted by Gasteiger charge is -2.24. The molecule has 0 spiro atoms. The van der Waals surface area contributed by atoms with Crippen molar-refractivity contribution >= 4 is 33.4 Å². The third-order valence-corrected chi connectivity index (χ3v) is 4.89. The van der Waals surface area contributed by atoms with Crippen LogP contribution in [0.15, 0.2) is 40.9 Å². The molecule has 4 nitrogen and oxygen atoms in total. The normalized spacial score (nSPS) is 37.9. The summed E-state index contributed by atoms with van der Waals surface area (Å²) in [5.41, 5.74) is -0.0187. The lowest BCUT2D eigenvalue weighted by atomic mass is 9.78. The topological polar surface area (TPSA) is 46.6 Å². The van der Waals surface area contributed by atoms with Gasteiger partial charge in [-0.3, -0.25) is 9.59 Å². The van der Waals surface area contributed by atoms with Crippen LogP contribution in [0, 0.1) is 11.8 Å². The van der Waals surface area contributed by atoms with Crippen LogP contribution in [0.4, 0.5) is 5.69 Å². The van der Waals surface area contributed by atoms with E-state index in [1.54, 1.807) is 12.1 Å². The molecule has 5 heteroatoms. The van der Waals surface area contributed by atoms with Crippen molar-refractivity contribution in [3.63, 3.8) is 0 Å². The minimum atomic E-state index is -0.636. The fourth-order valence-electron chi connectivity index (χ4n) is 3.52. The molecule has 2 amide bonds. The maximum absolute atomic E-state index is 12.7. The molecule has 0 unspecified atom stereocenters. The van der Waals surface area contributed by atoms with Crippen molar-refractivity contribution < 1.29 is 14.3 Å². The number of ether oxygens (including phenoxy) is 1. The van der Waals surface area contributed by atoms with Gasteiger partial charge in [0.25, 0.3) is 0 Å². The highest BCUT2D eigenvalue weighted by molar-refractivity contribution is 9.10. The van der Waals surface area contributed by atoms with Crippen molar-refractivity contribution in [3.8, 4) is 0 Å². The van der Waals surface area contributed by atoms with Crippen LogP contribution in [-0.2, 0) is 14.3 Å². The Morgan fingerprint density at radius 3 is 2.80 bits per heavy atom. The maximum Gasteiger partial charge on any atom is 0.241 e. The Morgan fingerprint density at radius 2 is 2.10 bits per heavy atom. The van der Waals surface area contributed by atoms with E-state index in [4.69, 9.17) is 4.74 Å². The summed E-state index contributed by atoms with van der Waals surface area (Å²) in [5, 5.41) is 0. The summed E-state index contributed by atoms with van der Waals surface area (Å²) < 4.78 is 6.63. The average molecular weight is 334 g/mol. The van der Waals surface area contributed by atoms with Gasteiger partial charge >= 0.3 is 0 Å². The number of fused-ring (bicyclic) bond motifs is 5. The summed E-state index contributed by atoms with van der Waals surface area (Å²) in [5.74, 6) is -1.09. The summed E-state index contributed by atoms with van der Waals surface area (Å²) in [7, 11) is 0. The van der Waals surface area contributed by atoms with Gasteiger partial charge in [-0.25, -0.2) is 4.90 Å². The van der Waals surface area contributed by atoms with Crippen molar-refractivity contribution in [2.45, 2.75) is 18.6 Å². The van der Waals surface area contributed by atoms with Crippen molar-refractivity contribution in [1.82, 2.24) is 0 Å². The third kappa shape index (κ3) is 1.39. The van der Waals surface area contributed by atoms with E-state index in [-0.39, 0.29) is 23.8 Å². The van der Waals surface area contributed by atoms with E-state index >= 15 is 0 Å². The van der Waals surface area contributed by atoms with Crippen molar-refractivity contribution in [1.29, 1.82) is 0 Å². The minimum Gasteiger partial charge on any atom is -0.362 e. The maximum atomic E-state index is 12.7. The van der Waals surface area contributed by atoms with Gasteiger partial charge in [0.1, 0.15) is 0 Å². The lowest BCUT2D eigenvalue weighted by molar-refractivity contribution is -0.126. The van der Waals surface area contributed by atoms with Crippen LogP contribution >= 0.6 is 15.9 Å². The summed E-state index contributed by atoms with van der Waals surface area (Å²) in [6, 6.07) is 7.25. The first-order chi connectivity index (χ1) is 9.51. The number of carbonyl (C=O) groups is 2. The Morgan fingerprint density at radius 1 is 1.30 bits per heavy atom.